The third-order valence-corrected chi connectivity index (χ3v) is 17.3. The molecule has 0 aromatic heterocycles. The van der Waals surface area contributed by atoms with E-state index in [0.717, 1.165) is 45.3 Å². The molecule has 4 aliphatic heterocycles. The molecule has 0 spiro atoms. The number of ether oxygens (including phenoxy) is 11. The van der Waals surface area contributed by atoms with Gasteiger partial charge in [-0.15, -0.1) is 0 Å². The smallest absolute Gasteiger partial charge is 0.242 e. The van der Waals surface area contributed by atoms with Crippen LogP contribution in [0.15, 0.2) is 12.0 Å². The summed E-state index contributed by atoms with van der Waals surface area (Å²) in [6, 6.07) is -6.30. The van der Waals surface area contributed by atoms with E-state index < -0.39 is 182 Å². The van der Waals surface area contributed by atoms with E-state index in [0.29, 0.717) is 37.9 Å². The first-order valence-electron chi connectivity index (χ1n) is 37.0. The van der Waals surface area contributed by atoms with Crippen LogP contribution >= 0.6 is 0 Å². The molecular weight excluding hydrogens is 1430 g/mol. The Kier molecular flexibility index (Phi) is 44.5. The van der Waals surface area contributed by atoms with Crippen LogP contribution in [0.4, 0.5) is 0 Å². The molecule has 39 heteroatoms. The lowest BCUT2D eigenvalue weighted by molar-refractivity contribution is -0.272. The molecule has 39 nitrogen and oxygen atoms in total. The maximum absolute atomic E-state index is 13.9. The second kappa shape index (κ2) is 51.1. The molecule has 0 saturated carbocycles. The second-order valence-electron chi connectivity index (χ2n) is 27.6. The fraction of sp³-hybridized carbons (Fsp3) is 0.826. The van der Waals surface area contributed by atoms with Crippen molar-refractivity contribution in [3.63, 3.8) is 0 Å². The fourth-order valence-corrected chi connectivity index (χ4v) is 11.9. The molecule has 18 N–H and O–H groups in total. The van der Waals surface area contributed by atoms with Crippen molar-refractivity contribution < 1.29 is 146 Å². The molecule has 4 rings (SSSR count). The molecule has 0 aliphatic carbocycles. The van der Waals surface area contributed by atoms with E-state index in [9.17, 15) is 93.9 Å². The number of nitrogens with one attached hydrogen (secondary N) is 9. The van der Waals surface area contributed by atoms with E-state index in [1.54, 1.807) is 0 Å². The Hall–Kier alpha value is -6.48. The van der Waals surface area contributed by atoms with Crippen LogP contribution in [-0.4, -0.2) is 326 Å². The van der Waals surface area contributed by atoms with Crippen molar-refractivity contribution >= 4 is 58.9 Å². The predicted molar refractivity (Wildman–Crippen MR) is 375 cm³/mol. The molecule has 0 aromatic rings. The van der Waals surface area contributed by atoms with Crippen LogP contribution in [0.2, 0.25) is 0 Å². The van der Waals surface area contributed by atoms with E-state index in [2.05, 4.69) is 47.9 Å². The summed E-state index contributed by atoms with van der Waals surface area (Å²) in [6.07, 6.45) is -9.61. The van der Waals surface area contributed by atoms with Gasteiger partial charge in [-0.25, -0.2) is 0 Å². The van der Waals surface area contributed by atoms with Crippen LogP contribution in [0.5, 0.6) is 0 Å². The van der Waals surface area contributed by atoms with E-state index in [4.69, 9.17) is 52.1 Å². The highest BCUT2D eigenvalue weighted by Crippen LogP contribution is 2.30. The molecule has 0 bridgehead atoms. The first-order chi connectivity index (χ1) is 51.4. The van der Waals surface area contributed by atoms with Gasteiger partial charge in [-0.3, -0.25) is 47.9 Å². The number of unbranched alkanes of at least 4 members (excludes halogenated alkanes) is 7. The molecule has 4 saturated heterocycles. The average Bonchev–Trinajstić information content (AvgIpc) is 1.08. The highest BCUT2D eigenvalue weighted by molar-refractivity contribution is 5.91. The molecule has 0 aromatic carbocycles. The first kappa shape index (κ1) is 93.9. The molecule has 0 radical (unpaired) electrons. The number of Topliss-reactive ketones (excluding diaryl/α,β-unsaturated/α-hetero) is 1. The third kappa shape index (κ3) is 36.1. The van der Waals surface area contributed by atoms with Crippen molar-refractivity contribution in [3.05, 3.63) is 12.0 Å². The monoisotopic (exact) mass is 1550 g/mol. The van der Waals surface area contributed by atoms with Gasteiger partial charge in [0.15, 0.2) is 30.4 Å². The lowest BCUT2D eigenvalue weighted by Gasteiger charge is -2.42. The normalized spacial score (nSPS) is 26.8. The van der Waals surface area contributed by atoms with Crippen molar-refractivity contribution in [2.75, 3.05) is 105 Å². The lowest BCUT2D eigenvalue weighted by atomic mass is 9.97. The zero-order valence-electron chi connectivity index (χ0n) is 62.7. The molecule has 620 valence electrons. The summed E-state index contributed by atoms with van der Waals surface area (Å²) in [5.41, 5.74) is -0.446. The van der Waals surface area contributed by atoms with Gasteiger partial charge >= 0.3 is 0 Å². The molecular formula is C69H119N9O30. The fourth-order valence-electron chi connectivity index (χ4n) is 11.9. The maximum atomic E-state index is 13.9. The molecule has 108 heavy (non-hydrogen) atoms. The van der Waals surface area contributed by atoms with E-state index >= 15 is 0 Å². The van der Waals surface area contributed by atoms with Gasteiger partial charge in [-0.1, -0.05) is 38.5 Å². The number of carbonyl (C=O) groups excluding carboxylic acids is 10. The number of ketones is 1. The minimum atomic E-state index is -1.72. The minimum absolute atomic E-state index is 0.0352. The van der Waals surface area contributed by atoms with Crippen molar-refractivity contribution in [1.29, 1.82) is 0 Å². The molecule has 4 aliphatic rings. The molecule has 18 atom stereocenters. The van der Waals surface area contributed by atoms with Crippen molar-refractivity contribution in [1.82, 2.24) is 47.9 Å². The minimum Gasteiger partial charge on any atom is -0.512 e. The number of amides is 9. The number of aliphatic hydroxyl groups is 9. The highest BCUT2D eigenvalue weighted by atomic mass is 16.7. The van der Waals surface area contributed by atoms with Gasteiger partial charge in [0, 0.05) is 78.9 Å². The zero-order chi connectivity index (χ0) is 79.7. The van der Waals surface area contributed by atoms with Crippen molar-refractivity contribution in [3.8, 4) is 0 Å². The highest BCUT2D eigenvalue weighted by Gasteiger charge is 2.47. The summed E-state index contributed by atoms with van der Waals surface area (Å²) >= 11 is 0. The number of rotatable bonds is 50. The number of aliphatic hydroxyl groups excluding tert-OH is 9. The predicted octanol–water partition coefficient (Wildman–Crippen LogP) is -5.22. The van der Waals surface area contributed by atoms with Crippen molar-refractivity contribution in [2.45, 2.75) is 260 Å². The molecule has 16 unspecified atom stereocenters. The quantitative estimate of drug-likeness (QED) is 0.0200. The number of hydrogen-bond acceptors (Lipinski definition) is 30. The van der Waals surface area contributed by atoms with Gasteiger partial charge in [-0.2, -0.15) is 0 Å². The first-order valence-corrected chi connectivity index (χ1v) is 37.0. The van der Waals surface area contributed by atoms with Gasteiger partial charge < -0.3 is 146 Å². The number of carbonyl (C=O) groups is 10. The molecule has 4 heterocycles. The largest absolute Gasteiger partial charge is 0.512 e. The van der Waals surface area contributed by atoms with Crippen molar-refractivity contribution in [2.24, 2.45) is 0 Å². The van der Waals surface area contributed by atoms with E-state index in [-0.39, 0.29) is 136 Å². The topological polar surface area (TPSA) is 563 Å². The van der Waals surface area contributed by atoms with Gasteiger partial charge in [0.05, 0.1) is 104 Å². The summed E-state index contributed by atoms with van der Waals surface area (Å²) in [5, 5.41) is 115. The summed E-state index contributed by atoms with van der Waals surface area (Å²) in [4.78, 5) is 129. The SMILES string of the molecule is CC(=O)NC1C(OCCOCCNC(=O)CCC(NC(=O)CCC(NC(=O)CCCCCCCCCCC(=O)NC[C@@H]2C[C@H](OC(C)(C)C)/C(=C\O)O2)C(=O)NCCOCCOC2OC(CO)C(O)C(O)C2NC(C)=O)C(=O)NCCOCCOC2OCC(O)CC(O)C(O)C2NC(C)=O)OC(CO)C(=O)C1O. The lowest BCUT2D eigenvalue weighted by Crippen LogP contribution is -2.64. The Labute approximate surface area is 628 Å². The number of hydrogen-bond donors (Lipinski definition) is 18. The molecule has 9 amide bonds. The maximum Gasteiger partial charge on any atom is 0.242 e. The van der Waals surface area contributed by atoms with Gasteiger partial charge in [-0.05, 0) is 46.5 Å². The summed E-state index contributed by atoms with van der Waals surface area (Å²) in [7, 11) is 0. The Morgan fingerprint density at radius 2 is 0.991 bits per heavy atom. The van der Waals surface area contributed by atoms with E-state index in [1.807, 2.05) is 20.8 Å². The Balaban J connectivity index is 1.33. The second-order valence-corrected chi connectivity index (χ2v) is 27.6. The summed E-state index contributed by atoms with van der Waals surface area (Å²) in [5.74, 6) is -5.49. The Morgan fingerprint density at radius 1 is 0.528 bits per heavy atom. The van der Waals surface area contributed by atoms with Gasteiger partial charge in [0.2, 0.25) is 53.2 Å². The zero-order valence-corrected chi connectivity index (χ0v) is 62.7. The summed E-state index contributed by atoms with van der Waals surface area (Å²) in [6.45, 7) is 6.57. The molecule has 4 fully saturated rings. The standard InChI is InChI=1S/C69H119N9O30/c1-40(82)74-56-59(91)47(86)33-43(85)39-104-66(56)101-30-27-99-25-22-71-64(96)45(17-19-53(88)70-21-24-98-28-31-102-67-57(75-41(2)83)62(94)60(92)50(37-80)106-67)78-55(90)20-18-46(65(97)72-23-26-100-29-32-103-68-58(76-42(3)84)63(95)61(93)51(38-81)107-68)77-54(89)16-14-12-10-8-7-9-11-13-15-52(87)73-35-44-34-48(49(36-79)105-44)108-69(4,5)6/h36,43-48,50-51,56-59,61-63,66-68,79-81,85-86,91,93-95H,7-35,37-39H2,1-6H3,(H,70,88)(H,71,96)(H,72,97)(H,73,87)(H,74,82)(H,75,83)(H,76,84)(H,77,89)(H,78,90)/b49-36+/t43?,44-,45?,46?,47?,48-,50?,51?,56?,57?,58?,59?,61?,62?,63?,66?,67?,68?/m0/s1. The summed E-state index contributed by atoms with van der Waals surface area (Å²) < 4.78 is 62.1. The Bertz CT molecular complexity index is 2770. The van der Waals surface area contributed by atoms with Crippen LogP contribution in [0.1, 0.15) is 144 Å². The Morgan fingerprint density at radius 3 is 1.50 bits per heavy atom. The van der Waals surface area contributed by atoms with Crippen LogP contribution < -0.4 is 47.9 Å². The van der Waals surface area contributed by atoms with Crippen LogP contribution in [0.3, 0.4) is 0 Å². The van der Waals surface area contributed by atoms with Crippen LogP contribution in [0.25, 0.3) is 0 Å². The van der Waals surface area contributed by atoms with Crippen LogP contribution in [-0.2, 0) is 100 Å². The van der Waals surface area contributed by atoms with Crippen LogP contribution in [0, 0.1) is 0 Å². The van der Waals surface area contributed by atoms with Gasteiger partial charge in [0.25, 0.3) is 0 Å². The van der Waals surface area contributed by atoms with Gasteiger partial charge in [0.1, 0.15) is 85.3 Å². The third-order valence-electron chi connectivity index (χ3n) is 17.3. The van der Waals surface area contributed by atoms with E-state index in [1.165, 1.54) is 13.8 Å². The average molecular weight is 1550 g/mol.